The molecular formula is C17H19ClN2O3S. The first kappa shape index (κ1) is 17.2. The summed E-state index contributed by atoms with van der Waals surface area (Å²) in [6, 6.07) is 3.87. The molecule has 1 aromatic rings. The first-order chi connectivity index (χ1) is 11.6. The van der Waals surface area contributed by atoms with Crippen LogP contribution in [0.1, 0.15) is 31.2 Å². The molecule has 5 nitrogen and oxygen atoms in total. The Hall–Kier alpha value is -1.66. The van der Waals surface area contributed by atoms with Crippen LogP contribution in [-0.4, -0.2) is 31.3 Å². The Balaban J connectivity index is 1.83. The van der Waals surface area contributed by atoms with E-state index in [0.717, 1.165) is 18.4 Å². The van der Waals surface area contributed by atoms with E-state index >= 15 is 0 Å². The van der Waals surface area contributed by atoms with Crippen LogP contribution in [0.25, 0.3) is 6.08 Å². The molecule has 0 atom stereocenters. The minimum absolute atomic E-state index is 0.136. The summed E-state index contributed by atoms with van der Waals surface area (Å²) in [6.07, 6.45) is 6.42. The molecule has 2 fully saturated rings. The number of hydrogen-bond donors (Lipinski definition) is 1. The Morgan fingerprint density at radius 1 is 1.29 bits per heavy atom. The van der Waals surface area contributed by atoms with Gasteiger partial charge in [0.1, 0.15) is 0 Å². The number of nitrogens with one attached hydrogen (secondary N) is 1. The maximum absolute atomic E-state index is 12.2. The van der Waals surface area contributed by atoms with Crippen molar-refractivity contribution in [1.29, 1.82) is 0 Å². The monoisotopic (exact) mass is 366 g/mol. The minimum Gasteiger partial charge on any atom is -0.493 e. The molecule has 128 valence electrons. The summed E-state index contributed by atoms with van der Waals surface area (Å²) in [5.41, 5.74) is 0.775. The van der Waals surface area contributed by atoms with Crippen LogP contribution in [-0.2, 0) is 4.79 Å². The number of amides is 1. The normalized spacial score (nSPS) is 21.5. The molecule has 1 heterocycles. The molecule has 1 aliphatic carbocycles. The summed E-state index contributed by atoms with van der Waals surface area (Å²) in [5.74, 6) is 0.871. The number of thioether (sulfide) groups is 1. The molecule has 24 heavy (non-hydrogen) atoms. The number of nitrogens with zero attached hydrogens (tertiary/aromatic N) is 1. The standard InChI is InChI=1S/C17H19ClN2O3S/c1-22-13-8-10(7-12(18)15(13)23-2)9-14-16(21)20-17(24-14)19-11-5-3-4-6-11/h7-9,11H,3-6H2,1-2H3,(H,19,20,21)/b14-9+. The Kier molecular flexibility index (Phi) is 5.36. The zero-order valence-electron chi connectivity index (χ0n) is 13.6. The van der Waals surface area contributed by atoms with Gasteiger partial charge in [0.2, 0.25) is 0 Å². The van der Waals surface area contributed by atoms with Gasteiger partial charge < -0.3 is 14.8 Å². The highest BCUT2D eigenvalue weighted by Crippen LogP contribution is 2.37. The smallest absolute Gasteiger partial charge is 0.264 e. The average Bonchev–Trinajstić information content (AvgIpc) is 3.17. The molecule has 1 saturated carbocycles. The van der Waals surface area contributed by atoms with E-state index in [-0.39, 0.29) is 5.91 Å². The van der Waals surface area contributed by atoms with Gasteiger partial charge in [0.05, 0.1) is 30.2 Å². The summed E-state index contributed by atoms with van der Waals surface area (Å²) in [6.45, 7) is 0. The number of rotatable bonds is 4. The van der Waals surface area contributed by atoms with Gasteiger partial charge in [-0.15, -0.1) is 0 Å². The molecular weight excluding hydrogens is 348 g/mol. The second-order valence-electron chi connectivity index (χ2n) is 5.68. The van der Waals surface area contributed by atoms with Crippen LogP contribution in [0.2, 0.25) is 5.02 Å². The van der Waals surface area contributed by atoms with Crippen LogP contribution in [0.4, 0.5) is 0 Å². The fourth-order valence-electron chi connectivity index (χ4n) is 2.86. The van der Waals surface area contributed by atoms with Crippen molar-refractivity contribution in [1.82, 2.24) is 5.32 Å². The van der Waals surface area contributed by atoms with Gasteiger partial charge in [-0.3, -0.25) is 9.79 Å². The van der Waals surface area contributed by atoms with Gasteiger partial charge in [-0.25, -0.2) is 0 Å². The molecule has 1 aromatic carbocycles. The zero-order valence-corrected chi connectivity index (χ0v) is 15.2. The lowest BCUT2D eigenvalue weighted by Gasteiger charge is -2.10. The van der Waals surface area contributed by atoms with E-state index < -0.39 is 0 Å². The van der Waals surface area contributed by atoms with E-state index in [4.69, 9.17) is 21.1 Å². The molecule has 0 radical (unpaired) electrons. The lowest BCUT2D eigenvalue weighted by molar-refractivity contribution is -0.115. The maximum Gasteiger partial charge on any atom is 0.264 e. The molecule has 7 heteroatoms. The van der Waals surface area contributed by atoms with E-state index in [2.05, 4.69) is 10.3 Å². The fraction of sp³-hybridized carbons (Fsp3) is 0.412. The molecule has 0 bridgehead atoms. The number of halogens is 1. The molecule has 0 aromatic heterocycles. The largest absolute Gasteiger partial charge is 0.493 e. The van der Waals surface area contributed by atoms with Gasteiger partial charge in [0.25, 0.3) is 5.91 Å². The van der Waals surface area contributed by atoms with Crippen molar-refractivity contribution < 1.29 is 14.3 Å². The second kappa shape index (κ2) is 7.49. The number of methoxy groups -OCH3 is 2. The summed E-state index contributed by atoms with van der Waals surface area (Å²) in [4.78, 5) is 17.4. The highest BCUT2D eigenvalue weighted by atomic mass is 35.5. The topological polar surface area (TPSA) is 59.9 Å². The van der Waals surface area contributed by atoms with E-state index in [0.29, 0.717) is 32.6 Å². The van der Waals surface area contributed by atoms with E-state index in [1.165, 1.54) is 31.7 Å². The molecule has 1 amide bonds. The Labute approximate surface area is 150 Å². The summed E-state index contributed by atoms with van der Waals surface area (Å²) in [5, 5.41) is 3.96. The number of aliphatic imine (C=N–C) groups is 1. The third kappa shape index (κ3) is 3.70. The van der Waals surface area contributed by atoms with Crippen molar-refractivity contribution >= 4 is 40.5 Å². The number of benzene rings is 1. The SMILES string of the molecule is COc1cc(/C=C2/SC(=NC3CCCC3)NC2=O)cc(Cl)c1OC. The van der Waals surface area contributed by atoms with Crippen LogP contribution in [0.3, 0.4) is 0 Å². The molecule has 1 aliphatic heterocycles. The van der Waals surface area contributed by atoms with Gasteiger partial charge >= 0.3 is 0 Å². The lowest BCUT2D eigenvalue weighted by atomic mass is 10.2. The van der Waals surface area contributed by atoms with Crippen molar-refractivity contribution in [3.05, 3.63) is 27.6 Å². The Morgan fingerprint density at radius 3 is 2.71 bits per heavy atom. The molecule has 0 spiro atoms. The van der Waals surface area contributed by atoms with Crippen LogP contribution in [0.15, 0.2) is 22.0 Å². The number of carbonyl (C=O) groups is 1. The van der Waals surface area contributed by atoms with Crippen LogP contribution < -0.4 is 14.8 Å². The summed E-state index contributed by atoms with van der Waals surface area (Å²) in [7, 11) is 3.09. The predicted molar refractivity (Wildman–Crippen MR) is 98.0 cm³/mol. The average molecular weight is 367 g/mol. The summed E-state index contributed by atoms with van der Waals surface area (Å²) < 4.78 is 10.5. The van der Waals surface area contributed by atoms with Crippen LogP contribution >= 0.6 is 23.4 Å². The second-order valence-corrected chi connectivity index (χ2v) is 7.11. The summed E-state index contributed by atoms with van der Waals surface area (Å²) >= 11 is 7.58. The highest BCUT2D eigenvalue weighted by Gasteiger charge is 2.26. The Morgan fingerprint density at radius 2 is 2.04 bits per heavy atom. The number of carbonyl (C=O) groups excluding carboxylic acids is 1. The third-order valence-electron chi connectivity index (χ3n) is 4.03. The van der Waals surface area contributed by atoms with Gasteiger partial charge in [0, 0.05) is 0 Å². The molecule has 2 aliphatic rings. The number of ether oxygens (including phenoxy) is 2. The Bertz CT molecular complexity index is 712. The van der Waals surface area contributed by atoms with E-state index in [9.17, 15) is 4.79 Å². The van der Waals surface area contributed by atoms with Crippen molar-refractivity contribution in [2.45, 2.75) is 31.7 Å². The first-order valence-electron chi connectivity index (χ1n) is 7.81. The van der Waals surface area contributed by atoms with Gasteiger partial charge in [-0.05, 0) is 48.4 Å². The highest BCUT2D eigenvalue weighted by molar-refractivity contribution is 8.18. The van der Waals surface area contributed by atoms with E-state index in [1.807, 2.05) is 0 Å². The lowest BCUT2D eigenvalue weighted by Crippen LogP contribution is -2.21. The molecule has 1 saturated heterocycles. The van der Waals surface area contributed by atoms with Crippen molar-refractivity contribution in [3.8, 4) is 11.5 Å². The molecule has 1 N–H and O–H groups in total. The van der Waals surface area contributed by atoms with Crippen LogP contribution in [0, 0.1) is 0 Å². The van der Waals surface area contributed by atoms with Crippen molar-refractivity contribution in [2.75, 3.05) is 14.2 Å². The van der Waals surface area contributed by atoms with Crippen LogP contribution in [0.5, 0.6) is 11.5 Å². The van der Waals surface area contributed by atoms with Crippen molar-refractivity contribution in [3.63, 3.8) is 0 Å². The predicted octanol–water partition coefficient (Wildman–Crippen LogP) is 3.86. The minimum atomic E-state index is -0.136. The zero-order chi connectivity index (χ0) is 17.1. The van der Waals surface area contributed by atoms with E-state index in [1.54, 1.807) is 25.3 Å². The number of amidine groups is 1. The van der Waals surface area contributed by atoms with Gasteiger partial charge in [-0.1, -0.05) is 24.4 Å². The molecule has 3 rings (SSSR count). The van der Waals surface area contributed by atoms with Gasteiger partial charge in [-0.2, -0.15) is 0 Å². The molecule has 0 unspecified atom stereocenters. The quantitative estimate of drug-likeness (QED) is 0.822. The van der Waals surface area contributed by atoms with Crippen molar-refractivity contribution in [2.24, 2.45) is 4.99 Å². The maximum atomic E-state index is 12.2. The first-order valence-corrected chi connectivity index (χ1v) is 9.00. The third-order valence-corrected chi connectivity index (χ3v) is 5.23. The fourth-order valence-corrected chi connectivity index (χ4v) is 4.05. The van der Waals surface area contributed by atoms with Gasteiger partial charge in [0.15, 0.2) is 16.7 Å². The number of hydrogen-bond acceptors (Lipinski definition) is 5.